The Kier molecular flexibility index (Phi) is 3.73. The SMILES string of the molecule is Cc1nn(C)c(Nc2cc(Br)ccc2Br)c1C#N. The van der Waals surface area contributed by atoms with Gasteiger partial charge in [-0.15, -0.1) is 0 Å². The summed E-state index contributed by atoms with van der Waals surface area (Å²) in [6.45, 7) is 1.82. The van der Waals surface area contributed by atoms with Crippen LogP contribution in [0.15, 0.2) is 27.1 Å². The first kappa shape index (κ1) is 13.1. The summed E-state index contributed by atoms with van der Waals surface area (Å²) in [5.74, 6) is 0.689. The van der Waals surface area contributed by atoms with Gasteiger partial charge < -0.3 is 5.32 Å². The summed E-state index contributed by atoms with van der Waals surface area (Å²) in [5.41, 5.74) is 2.15. The molecule has 0 saturated carbocycles. The molecule has 0 aliphatic rings. The van der Waals surface area contributed by atoms with Crippen molar-refractivity contribution in [2.45, 2.75) is 6.92 Å². The van der Waals surface area contributed by atoms with E-state index in [2.05, 4.69) is 48.3 Å². The summed E-state index contributed by atoms with van der Waals surface area (Å²) >= 11 is 6.89. The molecule has 4 nitrogen and oxygen atoms in total. The maximum Gasteiger partial charge on any atom is 0.146 e. The van der Waals surface area contributed by atoms with E-state index in [1.54, 1.807) is 4.68 Å². The van der Waals surface area contributed by atoms with Crippen molar-refractivity contribution in [3.8, 4) is 6.07 Å². The number of benzene rings is 1. The average molecular weight is 370 g/mol. The molecule has 0 amide bonds. The molecule has 1 aromatic heterocycles. The lowest BCUT2D eigenvalue weighted by Gasteiger charge is -2.09. The third-order valence-corrected chi connectivity index (χ3v) is 3.70. The second kappa shape index (κ2) is 5.12. The van der Waals surface area contributed by atoms with Crippen LogP contribution >= 0.6 is 31.9 Å². The van der Waals surface area contributed by atoms with Crippen molar-refractivity contribution in [2.24, 2.45) is 7.05 Å². The van der Waals surface area contributed by atoms with E-state index in [0.717, 1.165) is 14.6 Å². The largest absolute Gasteiger partial charge is 0.338 e. The van der Waals surface area contributed by atoms with Crippen molar-refractivity contribution in [1.29, 1.82) is 5.26 Å². The number of rotatable bonds is 2. The molecule has 0 saturated heterocycles. The zero-order valence-corrected chi connectivity index (χ0v) is 13.0. The molecule has 1 aromatic carbocycles. The highest BCUT2D eigenvalue weighted by atomic mass is 79.9. The van der Waals surface area contributed by atoms with Crippen LogP contribution in [0.4, 0.5) is 11.5 Å². The first-order valence-corrected chi connectivity index (χ1v) is 6.77. The monoisotopic (exact) mass is 368 g/mol. The average Bonchev–Trinajstić information content (AvgIpc) is 2.58. The maximum absolute atomic E-state index is 9.15. The lowest BCUT2D eigenvalue weighted by atomic mass is 10.2. The fourth-order valence-corrected chi connectivity index (χ4v) is 2.36. The fraction of sp³-hybridized carbons (Fsp3) is 0.167. The van der Waals surface area contributed by atoms with Crippen molar-refractivity contribution >= 4 is 43.4 Å². The molecule has 0 bridgehead atoms. The molecule has 92 valence electrons. The minimum Gasteiger partial charge on any atom is -0.338 e. The molecule has 0 aliphatic heterocycles. The Morgan fingerprint density at radius 2 is 2.11 bits per heavy atom. The first-order chi connectivity index (χ1) is 8.52. The second-order valence-electron chi connectivity index (χ2n) is 3.79. The van der Waals surface area contributed by atoms with Crippen LogP contribution in [-0.2, 0) is 7.05 Å². The van der Waals surface area contributed by atoms with Crippen LogP contribution in [-0.4, -0.2) is 9.78 Å². The van der Waals surface area contributed by atoms with Crippen LogP contribution in [0.3, 0.4) is 0 Å². The Labute approximate surface area is 122 Å². The van der Waals surface area contributed by atoms with Gasteiger partial charge in [-0.05, 0) is 41.1 Å². The van der Waals surface area contributed by atoms with Crippen LogP contribution in [0.1, 0.15) is 11.3 Å². The summed E-state index contributed by atoms with van der Waals surface area (Å²) in [4.78, 5) is 0. The van der Waals surface area contributed by atoms with Crippen LogP contribution in [0.2, 0.25) is 0 Å². The van der Waals surface area contributed by atoms with Crippen molar-refractivity contribution in [2.75, 3.05) is 5.32 Å². The number of hydrogen-bond donors (Lipinski definition) is 1. The van der Waals surface area contributed by atoms with E-state index in [4.69, 9.17) is 5.26 Å². The van der Waals surface area contributed by atoms with E-state index < -0.39 is 0 Å². The van der Waals surface area contributed by atoms with Gasteiger partial charge in [-0.2, -0.15) is 10.4 Å². The maximum atomic E-state index is 9.15. The van der Waals surface area contributed by atoms with Gasteiger partial charge in [0.05, 0.1) is 11.4 Å². The predicted molar refractivity (Wildman–Crippen MR) is 77.8 cm³/mol. The summed E-state index contributed by atoms with van der Waals surface area (Å²) in [6.07, 6.45) is 0. The molecule has 6 heteroatoms. The number of halogens is 2. The highest BCUT2D eigenvalue weighted by Crippen LogP contribution is 2.30. The van der Waals surface area contributed by atoms with Gasteiger partial charge in [0.2, 0.25) is 0 Å². The molecule has 0 radical (unpaired) electrons. The van der Waals surface area contributed by atoms with Crippen molar-refractivity contribution in [3.63, 3.8) is 0 Å². The van der Waals surface area contributed by atoms with Crippen molar-refractivity contribution < 1.29 is 0 Å². The minimum absolute atomic E-state index is 0.560. The Bertz CT molecular complexity index is 640. The Balaban J connectivity index is 2.46. The predicted octanol–water partition coefficient (Wildman–Crippen LogP) is 3.87. The minimum atomic E-state index is 0.560. The van der Waals surface area contributed by atoms with Gasteiger partial charge in [0.15, 0.2) is 0 Å². The Hall–Kier alpha value is -1.32. The van der Waals surface area contributed by atoms with Gasteiger partial charge >= 0.3 is 0 Å². The molecular formula is C12H10Br2N4. The van der Waals surface area contributed by atoms with Crippen LogP contribution in [0.5, 0.6) is 0 Å². The zero-order valence-electron chi connectivity index (χ0n) is 9.83. The molecule has 0 spiro atoms. The van der Waals surface area contributed by atoms with Crippen LogP contribution < -0.4 is 5.32 Å². The smallest absolute Gasteiger partial charge is 0.146 e. The number of hydrogen-bond acceptors (Lipinski definition) is 3. The van der Waals surface area contributed by atoms with Crippen molar-refractivity contribution in [1.82, 2.24) is 9.78 Å². The van der Waals surface area contributed by atoms with E-state index in [9.17, 15) is 0 Å². The zero-order chi connectivity index (χ0) is 13.3. The topological polar surface area (TPSA) is 53.6 Å². The van der Waals surface area contributed by atoms with Crippen LogP contribution in [0, 0.1) is 18.3 Å². The number of aryl methyl sites for hydroxylation is 2. The number of aromatic nitrogens is 2. The molecule has 0 unspecified atom stereocenters. The molecular weight excluding hydrogens is 360 g/mol. The summed E-state index contributed by atoms with van der Waals surface area (Å²) in [6, 6.07) is 7.98. The standard InChI is InChI=1S/C12H10Br2N4/c1-7-9(6-15)12(18(2)17-7)16-11-5-8(13)3-4-10(11)14/h3-5,16H,1-2H3. The molecule has 0 aliphatic carbocycles. The molecule has 2 rings (SSSR count). The van der Waals surface area contributed by atoms with Crippen LogP contribution in [0.25, 0.3) is 0 Å². The van der Waals surface area contributed by atoms with Crippen molar-refractivity contribution in [3.05, 3.63) is 38.4 Å². The van der Waals surface area contributed by atoms with Gasteiger partial charge in [0.25, 0.3) is 0 Å². The van der Waals surface area contributed by atoms with Gasteiger partial charge in [-0.1, -0.05) is 15.9 Å². The number of nitriles is 1. The van der Waals surface area contributed by atoms with E-state index >= 15 is 0 Å². The number of nitrogens with one attached hydrogen (secondary N) is 1. The first-order valence-electron chi connectivity index (χ1n) is 5.18. The highest BCUT2D eigenvalue weighted by molar-refractivity contribution is 9.11. The lowest BCUT2D eigenvalue weighted by Crippen LogP contribution is -2.01. The van der Waals surface area contributed by atoms with E-state index in [0.29, 0.717) is 17.1 Å². The number of nitrogens with zero attached hydrogens (tertiary/aromatic N) is 3. The highest BCUT2D eigenvalue weighted by Gasteiger charge is 2.14. The third-order valence-electron chi connectivity index (χ3n) is 2.52. The van der Waals surface area contributed by atoms with Gasteiger partial charge in [-0.25, -0.2) is 0 Å². The summed E-state index contributed by atoms with van der Waals surface area (Å²) in [7, 11) is 1.81. The lowest BCUT2D eigenvalue weighted by molar-refractivity contribution is 0.765. The second-order valence-corrected chi connectivity index (χ2v) is 5.56. The molecule has 2 aromatic rings. The Morgan fingerprint density at radius 3 is 2.78 bits per heavy atom. The normalized spacial score (nSPS) is 10.2. The molecule has 1 heterocycles. The van der Waals surface area contributed by atoms with Gasteiger partial charge in [0.1, 0.15) is 17.5 Å². The van der Waals surface area contributed by atoms with Gasteiger partial charge in [-0.3, -0.25) is 4.68 Å². The summed E-state index contributed by atoms with van der Waals surface area (Å²) < 4.78 is 3.56. The molecule has 18 heavy (non-hydrogen) atoms. The fourth-order valence-electron chi connectivity index (χ4n) is 1.66. The van der Waals surface area contributed by atoms with E-state index in [1.807, 2.05) is 32.2 Å². The molecule has 0 atom stereocenters. The molecule has 0 fully saturated rings. The number of anilines is 2. The molecule has 1 N–H and O–H groups in total. The van der Waals surface area contributed by atoms with E-state index in [1.165, 1.54) is 0 Å². The third kappa shape index (κ3) is 2.42. The summed E-state index contributed by atoms with van der Waals surface area (Å²) in [5, 5.41) is 16.6. The van der Waals surface area contributed by atoms with E-state index in [-0.39, 0.29) is 0 Å². The Morgan fingerprint density at radius 1 is 1.39 bits per heavy atom. The van der Waals surface area contributed by atoms with Gasteiger partial charge in [0, 0.05) is 16.0 Å². The quantitative estimate of drug-likeness (QED) is 0.874.